The third-order valence-electron chi connectivity index (χ3n) is 5.21. The van der Waals surface area contributed by atoms with Gasteiger partial charge >= 0.3 is 5.97 Å². The lowest BCUT2D eigenvalue weighted by molar-refractivity contribution is -0.139. The van der Waals surface area contributed by atoms with Crippen LogP contribution in [0.25, 0.3) is 10.8 Å². The number of carbonyl (C=O) groups is 1. The number of carbonyl (C=O) groups excluding carboxylic acids is 1. The monoisotopic (exact) mass is 428 g/mol. The van der Waals surface area contributed by atoms with Crippen molar-refractivity contribution >= 4 is 16.7 Å². The number of ether oxygens (including phenoxy) is 5. The van der Waals surface area contributed by atoms with Gasteiger partial charge in [0, 0.05) is 28.0 Å². The molecule has 0 heterocycles. The minimum atomic E-state index is -0.444. The average molecular weight is 429 g/mol. The lowest BCUT2D eigenvalue weighted by Crippen LogP contribution is -2.15. The Balaban J connectivity index is 1.52. The number of hydrogen-bond donors (Lipinski definition) is 0. The molecule has 0 atom stereocenters. The maximum atomic E-state index is 10.9. The first-order valence-electron chi connectivity index (χ1n) is 11.0. The Morgan fingerprint density at radius 3 is 2.00 bits per heavy atom. The fraction of sp³-hybridized carbons (Fsp3) is 0.480. The number of fused-ring (bicyclic) bond motifs is 2. The summed E-state index contributed by atoms with van der Waals surface area (Å²) in [6.45, 7) is 8.42. The van der Waals surface area contributed by atoms with Gasteiger partial charge in [0.25, 0.3) is 0 Å². The maximum Gasteiger partial charge on any atom is 0.330 e. The molecule has 2 aromatic rings. The molecule has 0 N–H and O–H groups in total. The summed E-state index contributed by atoms with van der Waals surface area (Å²) in [5, 5.41) is 2.22. The largest absolute Gasteiger partial charge is 0.493 e. The molecule has 0 aromatic heterocycles. The van der Waals surface area contributed by atoms with Gasteiger partial charge in [0.2, 0.25) is 0 Å². The normalized spacial score (nSPS) is 12.9. The van der Waals surface area contributed by atoms with Crippen molar-refractivity contribution < 1.29 is 28.5 Å². The van der Waals surface area contributed by atoms with E-state index in [1.807, 2.05) is 19.1 Å². The first kappa shape index (κ1) is 23.1. The van der Waals surface area contributed by atoms with Crippen LogP contribution in [0.3, 0.4) is 0 Å². The Morgan fingerprint density at radius 2 is 1.42 bits per heavy atom. The summed E-state index contributed by atoms with van der Waals surface area (Å²) < 4.78 is 28.1. The van der Waals surface area contributed by atoms with E-state index in [1.165, 1.54) is 24.0 Å². The van der Waals surface area contributed by atoms with Gasteiger partial charge in [-0.1, -0.05) is 30.8 Å². The van der Waals surface area contributed by atoms with Crippen molar-refractivity contribution in [1.29, 1.82) is 0 Å². The van der Waals surface area contributed by atoms with E-state index in [0.29, 0.717) is 39.6 Å². The van der Waals surface area contributed by atoms with Crippen LogP contribution >= 0.6 is 0 Å². The lowest BCUT2D eigenvalue weighted by atomic mass is 9.87. The summed E-state index contributed by atoms with van der Waals surface area (Å²) in [7, 11) is 0. The zero-order chi connectivity index (χ0) is 21.9. The standard InChI is InChI=1S/C25H32O6/c1-3-23(26)30-17-15-27-13-14-28-16-18-31-25-21-11-7-5-9-19(21)24(29-4-2)20-10-6-8-12-22(20)25/h3,5,7,9,11H,1,4,6,8,10,12-18H2,2H3. The lowest BCUT2D eigenvalue weighted by Gasteiger charge is -2.25. The molecule has 2 aromatic carbocycles. The SMILES string of the molecule is C=CC(=O)OCCOCCOCCOc1c2c(c(OCC)c3ccccc13)CCCC2. The van der Waals surface area contributed by atoms with Crippen molar-refractivity contribution in [2.45, 2.75) is 32.6 Å². The molecular weight excluding hydrogens is 396 g/mol. The van der Waals surface area contributed by atoms with Gasteiger partial charge in [0.05, 0.1) is 33.0 Å². The van der Waals surface area contributed by atoms with Crippen LogP contribution in [0, 0.1) is 0 Å². The van der Waals surface area contributed by atoms with Gasteiger partial charge < -0.3 is 23.7 Å². The minimum absolute atomic E-state index is 0.212. The van der Waals surface area contributed by atoms with Gasteiger partial charge in [-0.15, -0.1) is 0 Å². The van der Waals surface area contributed by atoms with Crippen molar-refractivity contribution in [2.24, 2.45) is 0 Å². The third-order valence-corrected chi connectivity index (χ3v) is 5.21. The van der Waals surface area contributed by atoms with Crippen LogP contribution in [0.2, 0.25) is 0 Å². The van der Waals surface area contributed by atoms with Crippen LogP contribution in [0.4, 0.5) is 0 Å². The molecule has 0 saturated carbocycles. The molecular formula is C25H32O6. The Morgan fingerprint density at radius 1 is 0.871 bits per heavy atom. The van der Waals surface area contributed by atoms with Gasteiger partial charge in [-0.05, 0) is 32.6 Å². The molecule has 0 spiro atoms. The summed E-state index contributed by atoms with van der Waals surface area (Å²) in [4.78, 5) is 10.9. The molecule has 0 bridgehead atoms. The van der Waals surface area contributed by atoms with Crippen molar-refractivity contribution in [1.82, 2.24) is 0 Å². The molecule has 0 amide bonds. The molecule has 1 aliphatic carbocycles. The van der Waals surface area contributed by atoms with Gasteiger partial charge in [-0.3, -0.25) is 0 Å². The van der Waals surface area contributed by atoms with E-state index in [4.69, 9.17) is 23.7 Å². The van der Waals surface area contributed by atoms with Crippen LogP contribution in [-0.4, -0.2) is 52.2 Å². The quantitative estimate of drug-likeness (QED) is 0.270. The van der Waals surface area contributed by atoms with E-state index >= 15 is 0 Å². The predicted molar refractivity (Wildman–Crippen MR) is 120 cm³/mol. The van der Waals surface area contributed by atoms with Crippen molar-refractivity contribution in [3.63, 3.8) is 0 Å². The second-order valence-corrected chi connectivity index (χ2v) is 7.25. The molecule has 0 radical (unpaired) electrons. The highest BCUT2D eigenvalue weighted by atomic mass is 16.6. The molecule has 3 rings (SSSR count). The van der Waals surface area contributed by atoms with Crippen LogP contribution in [-0.2, 0) is 31.8 Å². The summed E-state index contributed by atoms with van der Waals surface area (Å²) in [6, 6.07) is 8.31. The summed E-state index contributed by atoms with van der Waals surface area (Å²) in [5.74, 6) is 1.55. The number of benzene rings is 2. The van der Waals surface area contributed by atoms with E-state index in [9.17, 15) is 4.79 Å². The number of rotatable bonds is 13. The van der Waals surface area contributed by atoms with Crippen LogP contribution in [0.15, 0.2) is 36.9 Å². The topological polar surface area (TPSA) is 63.2 Å². The molecule has 0 fully saturated rings. The van der Waals surface area contributed by atoms with E-state index in [1.54, 1.807) is 0 Å². The molecule has 168 valence electrons. The Hall–Kier alpha value is -2.57. The highest BCUT2D eigenvalue weighted by molar-refractivity contribution is 5.96. The van der Waals surface area contributed by atoms with E-state index in [-0.39, 0.29) is 6.61 Å². The van der Waals surface area contributed by atoms with E-state index < -0.39 is 5.97 Å². The maximum absolute atomic E-state index is 10.9. The molecule has 1 aliphatic rings. The molecule has 6 nitrogen and oxygen atoms in total. The van der Waals surface area contributed by atoms with Crippen molar-refractivity contribution in [2.75, 3.05) is 46.2 Å². The highest BCUT2D eigenvalue weighted by Gasteiger charge is 2.23. The molecule has 0 saturated heterocycles. The Labute approximate surface area is 184 Å². The smallest absolute Gasteiger partial charge is 0.330 e. The van der Waals surface area contributed by atoms with Gasteiger partial charge in [-0.25, -0.2) is 4.79 Å². The van der Waals surface area contributed by atoms with E-state index in [0.717, 1.165) is 41.2 Å². The first-order chi connectivity index (χ1) is 15.3. The Kier molecular flexibility index (Phi) is 9.18. The van der Waals surface area contributed by atoms with Crippen molar-refractivity contribution in [3.05, 3.63) is 48.0 Å². The predicted octanol–water partition coefficient (Wildman–Crippen LogP) is 4.26. The number of hydrogen-bond acceptors (Lipinski definition) is 6. The Bertz CT molecular complexity index is 876. The average Bonchev–Trinajstić information content (AvgIpc) is 2.81. The fourth-order valence-corrected chi connectivity index (χ4v) is 3.87. The second-order valence-electron chi connectivity index (χ2n) is 7.25. The zero-order valence-electron chi connectivity index (χ0n) is 18.3. The molecule has 31 heavy (non-hydrogen) atoms. The fourth-order valence-electron chi connectivity index (χ4n) is 3.87. The zero-order valence-corrected chi connectivity index (χ0v) is 18.3. The molecule has 0 unspecified atom stereocenters. The van der Waals surface area contributed by atoms with Gasteiger partial charge in [-0.2, -0.15) is 0 Å². The summed E-state index contributed by atoms with van der Waals surface area (Å²) >= 11 is 0. The van der Waals surface area contributed by atoms with Crippen LogP contribution in [0.1, 0.15) is 30.9 Å². The van der Waals surface area contributed by atoms with Crippen LogP contribution < -0.4 is 9.47 Å². The summed E-state index contributed by atoms with van der Waals surface area (Å²) in [5.41, 5.74) is 2.58. The second kappa shape index (κ2) is 12.3. The highest BCUT2D eigenvalue weighted by Crippen LogP contribution is 2.44. The minimum Gasteiger partial charge on any atom is -0.493 e. The third kappa shape index (κ3) is 6.21. The first-order valence-corrected chi connectivity index (χ1v) is 11.0. The van der Waals surface area contributed by atoms with Gasteiger partial charge in [0.15, 0.2) is 0 Å². The molecule has 6 heteroatoms. The van der Waals surface area contributed by atoms with Gasteiger partial charge in [0.1, 0.15) is 24.7 Å². The summed E-state index contributed by atoms with van der Waals surface area (Å²) in [6.07, 6.45) is 5.53. The molecule has 0 aliphatic heterocycles. The van der Waals surface area contributed by atoms with Crippen LogP contribution in [0.5, 0.6) is 11.5 Å². The van der Waals surface area contributed by atoms with E-state index in [2.05, 4.69) is 18.7 Å². The van der Waals surface area contributed by atoms with Crippen molar-refractivity contribution in [3.8, 4) is 11.5 Å². The number of esters is 1.